The molecule has 1 aromatic rings. The zero-order valence-corrected chi connectivity index (χ0v) is 12.4. The average Bonchev–Trinajstić information content (AvgIpc) is 2.38. The molecule has 0 spiro atoms. The first-order valence-electron chi connectivity index (χ1n) is 6.68. The zero-order chi connectivity index (χ0) is 15.3. The summed E-state index contributed by atoms with van der Waals surface area (Å²) in [5.41, 5.74) is 0.0299. The van der Waals surface area contributed by atoms with Crippen molar-refractivity contribution in [1.29, 1.82) is 0 Å². The number of ketones is 1. The average molecular weight is 278 g/mol. The van der Waals surface area contributed by atoms with Crippen LogP contribution in [0.5, 0.6) is 0 Å². The molecule has 0 saturated heterocycles. The van der Waals surface area contributed by atoms with E-state index in [1.807, 2.05) is 6.07 Å². The van der Waals surface area contributed by atoms with Crippen LogP contribution < -0.4 is 0 Å². The number of benzene rings is 1. The van der Waals surface area contributed by atoms with Gasteiger partial charge in [0.15, 0.2) is 11.9 Å². The van der Waals surface area contributed by atoms with Gasteiger partial charge < -0.3 is 9.84 Å². The quantitative estimate of drug-likeness (QED) is 0.841. The lowest BCUT2D eigenvalue weighted by atomic mass is 9.97. The fraction of sp³-hybridized carbons (Fsp3) is 0.500. The molecule has 0 heterocycles. The molecule has 20 heavy (non-hydrogen) atoms. The van der Waals surface area contributed by atoms with Gasteiger partial charge >= 0.3 is 5.97 Å². The summed E-state index contributed by atoms with van der Waals surface area (Å²) < 4.78 is 5.11. The van der Waals surface area contributed by atoms with E-state index in [1.165, 1.54) is 6.92 Å². The van der Waals surface area contributed by atoms with E-state index in [9.17, 15) is 14.7 Å². The van der Waals surface area contributed by atoms with Crippen molar-refractivity contribution >= 4 is 11.8 Å². The topological polar surface area (TPSA) is 63.6 Å². The van der Waals surface area contributed by atoms with Gasteiger partial charge in [-0.1, -0.05) is 30.3 Å². The standard InChI is InChI=1S/C16H22O4/c1-11(20-15(19)16(2,3)4)13(17)10-14(18)12-8-6-5-7-9-12/h5-9,11,14,18H,10H2,1-4H3/t11-,14+/m0/s1. The summed E-state index contributed by atoms with van der Waals surface area (Å²) in [4.78, 5) is 23.7. The highest BCUT2D eigenvalue weighted by Crippen LogP contribution is 2.20. The summed E-state index contributed by atoms with van der Waals surface area (Å²) >= 11 is 0. The van der Waals surface area contributed by atoms with E-state index < -0.39 is 23.6 Å². The van der Waals surface area contributed by atoms with Crippen molar-refractivity contribution in [2.75, 3.05) is 0 Å². The van der Waals surface area contributed by atoms with Gasteiger partial charge in [0.25, 0.3) is 0 Å². The molecular formula is C16H22O4. The highest BCUT2D eigenvalue weighted by atomic mass is 16.5. The largest absolute Gasteiger partial charge is 0.454 e. The molecule has 0 fully saturated rings. The Balaban J connectivity index is 2.56. The lowest BCUT2D eigenvalue weighted by Crippen LogP contribution is -2.31. The van der Waals surface area contributed by atoms with E-state index in [2.05, 4.69) is 0 Å². The molecule has 0 aliphatic heterocycles. The van der Waals surface area contributed by atoms with Crippen molar-refractivity contribution in [2.45, 2.75) is 46.3 Å². The fourth-order valence-corrected chi connectivity index (χ4v) is 1.55. The van der Waals surface area contributed by atoms with E-state index in [4.69, 9.17) is 4.74 Å². The Morgan fingerprint density at radius 3 is 2.25 bits per heavy atom. The maximum atomic E-state index is 12.0. The molecule has 4 heteroatoms. The van der Waals surface area contributed by atoms with Crippen LogP contribution in [-0.4, -0.2) is 23.0 Å². The van der Waals surface area contributed by atoms with Gasteiger partial charge in [-0.25, -0.2) is 0 Å². The Morgan fingerprint density at radius 2 is 1.75 bits per heavy atom. The summed E-state index contributed by atoms with van der Waals surface area (Å²) in [5, 5.41) is 9.97. The van der Waals surface area contributed by atoms with Gasteiger partial charge in [-0.3, -0.25) is 9.59 Å². The van der Waals surface area contributed by atoms with Gasteiger partial charge in [0.05, 0.1) is 11.5 Å². The van der Waals surface area contributed by atoms with Crippen LogP contribution in [0.3, 0.4) is 0 Å². The van der Waals surface area contributed by atoms with Crippen LogP contribution >= 0.6 is 0 Å². The minimum absolute atomic E-state index is 0.0669. The first-order chi connectivity index (χ1) is 9.21. The summed E-state index contributed by atoms with van der Waals surface area (Å²) in [6.45, 7) is 6.71. The fourth-order valence-electron chi connectivity index (χ4n) is 1.55. The minimum atomic E-state index is -0.875. The molecule has 0 saturated carbocycles. The van der Waals surface area contributed by atoms with E-state index >= 15 is 0 Å². The van der Waals surface area contributed by atoms with Crippen LogP contribution in [0.25, 0.3) is 0 Å². The van der Waals surface area contributed by atoms with Gasteiger partial charge in [-0.2, -0.15) is 0 Å². The second-order valence-electron chi connectivity index (χ2n) is 5.89. The van der Waals surface area contributed by atoms with Crippen molar-refractivity contribution in [2.24, 2.45) is 5.41 Å². The van der Waals surface area contributed by atoms with E-state index in [1.54, 1.807) is 45.0 Å². The molecule has 0 radical (unpaired) electrons. The molecule has 0 aromatic heterocycles. The lowest BCUT2D eigenvalue weighted by molar-refractivity contribution is -0.162. The third-order valence-corrected chi connectivity index (χ3v) is 2.93. The molecule has 1 rings (SSSR count). The third kappa shape index (κ3) is 4.78. The Kier molecular flexibility index (Phi) is 5.45. The number of esters is 1. The summed E-state index contributed by atoms with van der Waals surface area (Å²) in [6, 6.07) is 8.94. The van der Waals surface area contributed by atoms with Crippen LogP contribution in [0.2, 0.25) is 0 Å². The maximum Gasteiger partial charge on any atom is 0.311 e. The monoisotopic (exact) mass is 278 g/mol. The third-order valence-electron chi connectivity index (χ3n) is 2.93. The second kappa shape index (κ2) is 6.66. The molecule has 4 nitrogen and oxygen atoms in total. The van der Waals surface area contributed by atoms with Gasteiger partial charge in [0.1, 0.15) is 0 Å². The molecule has 0 aliphatic rings. The predicted molar refractivity (Wildman–Crippen MR) is 76.0 cm³/mol. The number of hydrogen-bond acceptors (Lipinski definition) is 4. The Labute approximate surface area is 119 Å². The highest BCUT2D eigenvalue weighted by molar-refractivity contribution is 5.86. The Hall–Kier alpha value is -1.68. The normalized spacial score (nSPS) is 14.4. The molecular weight excluding hydrogens is 256 g/mol. The molecule has 0 amide bonds. The first-order valence-corrected chi connectivity index (χ1v) is 6.68. The van der Waals surface area contributed by atoms with Gasteiger partial charge in [-0.05, 0) is 33.3 Å². The molecule has 0 bridgehead atoms. The number of hydrogen-bond donors (Lipinski definition) is 1. The van der Waals surface area contributed by atoms with Crippen molar-refractivity contribution in [3.8, 4) is 0 Å². The molecule has 2 atom stereocenters. The molecule has 0 unspecified atom stereocenters. The Morgan fingerprint density at radius 1 is 1.20 bits per heavy atom. The number of aliphatic hydroxyl groups excluding tert-OH is 1. The minimum Gasteiger partial charge on any atom is -0.454 e. The predicted octanol–water partition coefficient (Wildman–Crippen LogP) is 2.66. The van der Waals surface area contributed by atoms with Crippen LogP contribution in [0, 0.1) is 5.41 Å². The summed E-state index contributed by atoms with van der Waals surface area (Å²) in [6.07, 6.45) is -1.79. The zero-order valence-electron chi connectivity index (χ0n) is 12.4. The summed E-state index contributed by atoms with van der Waals surface area (Å²) in [7, 11) is 0. The van der Waals surface area contributed by atoms with Crippen LogP contribution in [0.15, 0.2) is 30.3 Å². The number of aliphatic hydroxyl groups is 1. The van der Waals surface area contributed by atoms with Crippen molar-refractivity contribution < 1.29 is 19.4 Å². The SMILES string of the molecule is C[C@H](OC(=O)C(C)(C)C)C(=O)C[C@@H](O)c1ccccc1. The molecule has 1 aromatic carbocycles. The van der Waals surface area contributed by atoms with E-state index in [0.717, 1.165) is 0 Å². The number of carbonyl (C=O) groups is 2. The van der Waals surface area contributed by atoms with Gasteiger partial charge in [0.2, 0.25) is 0 Å². The number of carbonyl (C=O) groups excluding carboxylic acids is 2. The van der Waals surface area contributed by atoms with Crippen molar-refractivity contribution in [3.63, 3.8) is 0 Å². The first kappa shape index (κ1) is 16.4. The molecule has 1 N–H and O–H groups in total. The second-order valence-corrected chi connectivity index (χ2v) is 5.89. The van der Waals surface area contributed by atoms with Crippen LogP contribution in [0.4, 0.5) is 0 Å². The Bertz CT molecular complexity index is 459. The number of ether oxygens (including phenoxy) is 1. The van der Waals surface area contributed by atoms with Gasteiger partial charge in [0, 0.05) is 6.42 Å². The van der Waals surface area contributed by atoms with Crippen molar-refractivity contribution in [3.05, 3.63) is 35.9 Å². The lowest BCUT2D eigenvalue weighted by Gasteiger charge is -2.21. The van der Waals surface area contributed by atoms with Crippen molar-refractivity contribution in [1.82, 2.24) is 0 Å². The maximum absolute atomic E-state index is 12.0. The van der Waals surface area contributed by atoms with E-state index in [-0.39, 0.29) is 12.2 Å². The van der Waals surface area contributed by atoms with Crippen LogP contribution in [0.1, 0.15) is 45.8 Å². The summed E-state index contributed by atoms with van der Waals surface area (Å²) in [5.74, 6) is -0.716. The smallest absolute Gasteiger partial charge is 0.311 e. The molecule has 110 valence electrons. The highest BCUT2D eigenvalue weighted by Gasteiger charge is 2.28. The molecule has 0 aliphatic carbocycles. The van der Waals surface area contributed by atoms with E-state index in [0.29, 0.717) is 5.56 Å². The number of Topliss-reactive ketones (excluding diaryl/α,β-unsaturated/α-hetero) is 1. The number of rotatable bonds is 5. The van der Waals surface area contributed by atoms with Crippen LogP contribution in [-0.2, 0) is 14.3 Å². The van der Waals surface area contributed by atoms with Gasteiger partial charge in [-0.15, -0.1) is 0 Å².